The Kier molecular flexibility index (Phi) is 11.9. The van der Waals surface area contributed by atoms with Gasteiger partial charge in [-0.15, -0.1) is 0 Å². The molecule has 0 aliphatic carbocycles. The minimum atomic E-state index is -4.12. The zero-order valence-electron chi connectivity index (χ0n) is 31.3. The highest BCUT2D eigenvalue weighted by Gasteiger charge is 2.49. The summed E-state index contributed by atoms with van der Waals surface area (Å²) in [6.45, 7) is 1.96. The summed E-state index contributed by atoms with van der Waals surface area (Å²) in [6, 6.07) is 43.5. The van der Waals surface area contributed by atoms with Gasteiger partial charge in [-0.05, 0) is 128 Å². The SMILES string of the molecule is COc1ccc(OP2(Oc3ccccc3)=NP(Oc3ccc(OC)cc3)(Oc3ccc(OC)cc3)=NP(Oc3ccc(C)cc3)(Oc3ccc(C=O)cc3)=N2)cc1. The number of para-hydroxylation sites is 1. The largest absolute Gasteiger partial charge is 0.497 e. The molecule has 1 aliphatic rings. The average molecular weight is 826 g/mol. The quantitative estimate of drug-likeness (QED) is 0.0685. The Labute approximate surface area is 330 Å². The molecule has 6 aromatic rings. The van der Waals surface area contributed by atoms with Gasteiger partial charge in [0.05, 0.1) is 21.3 Å². The second kappa shape index (κ2) is 17.3. The Morgan fingerprint density at radius 3 is 0.930 bits per heavy atom. The lowest BCUT2D eigenvalue weighted by Crippen LogP contribution is -2.11. The van der Waals surface area contributed by atoms with E-state index in [9.17, 15) is 4.79 Å². The molecule has 1 aliphatic heterocycles. The van der Waals surface area contributed by atoms with Crippen LogP contribution in [0.25, 0.3) is 0 Å². The molecule has 0 saturated carbocycles. The van der Waals surface area contributed by atoms with Crippen molar-refractivity contribution >= 4 is 29.3 Å². The Balaban J connectivity index is 1.55. The van der Waals surface area contributed by atoms with Crippen molar-refractivity contribution in [1.82, 2.24) is 0 Å². The van der Waals surface area contributed by atoms with Gasteiger partial charge in [-0.1, -0.05) is 49.4 Å². The lowest BCUT2D eigenvalue weighted by Gasteiger charge is -2.33. The van der Waals surface area contributed by atoms with Crippen LogP contribution in [0.4, 0.5) is 0 Å². The molecule has 0 fully saturated rings. The second-order valence-corrected chi connectivity index (χ2v) is 18.3. The number of rotatable bonds is 16. The zero-order valence-corrected chi connectivity index (χ0v) is 34.0. The van der Waals surface area contributed by atoms with Crippen LogP contribution in [0.1, 0.15) is 15.9 Å². The van der Waals surface area contributed by atoms with E-state index in [-0.39, 0.29) is 5.75 Å². The highest BCUT2D eigenvalue weighted by molar-refractivity contribution is 7.79. The van der Waals surface area contributed by atoms with Crippen LogP contribution in [-0.4, -0.2) is 27.6 Å². The molecule has 57 heavy (non-hydrogen) atoms. The van der Waals surface area contributed by atoms with Gasteiger partial charge in [0.15, 0.2) is 0 Å². The van der Waals surface area contributed by atoms with Gasteiger partial charge in [0.25, 0.3) is 0 Å². The fraction of sp³-hybridized carbons (Fsp3) is 0.0976. The summed E-state index contributed by atoms with van der Waals surface area (Å²) in [5, 5.41) is 0. The number of methoxy groups -OCH3 is 3. The van der Waals surface area contributed by atoms with Gasteiger partial charge >= 0.3 is 23.0 Å². The molecule has 1 heterocycles. The van der Waals surface area contributed by atoms with Crippen LogP contribution in [0.15, 0.2) is 165 Å². The molecular weight excluding hydrogens is 787 g/mol. The first-order valence-corrected chi connectivity index (χ1v) is 22.0. The van der Waals surface area contributed by atoms with Gasteiger partial charge < -0.3 is 41.4 Å². The van der Waals surface area contributed by atoms with Crippen LogP contribution in [0.2, 0.25) is 0 Å². The Hall–Kier alpha value is -6.12. The molecule has 292 valence electrons. The van der Waals surface area contributed by atoms with Crippen LogP contribution >= 0.6 is 23.0 Å². The Morgan fingerprint density at radius 2 is 0.632 bits per heavy atom. The maximum absolute atomic E-state index is 11.6. The lowest BCUT2D eigenvalue weighted by molar-refractivity contribution is 0.112. The third kappa shape index (κ3) is 9.83. The highest BCUT2D eigenvalue weighted by atomic mass is 31.3. The second-order valence-electron chi connectivity index (χ2n) is 12.1. The molecule has 0 aromatic heterocycles. The first kappa shape index (κ1) is 39.1. The van der Waals surface area contributed by atoms with Crippen LogP contribution in [-0.2, 0) is 0 Å². The fourth-order valence-electron chi connectivity index (χ4n) is 5.18. The summed E-state index contributed by atoms with van der Waals surface area (Å²) in [5.74, 6) is 3.84. The van der Waals surface area contributed by atoms with E-state index >= 15 is 0 Å². The van der Waals surface area contributed by atoms with Crippen molar-refractivity contribution in [2.24, 2.45) is 13.5 Å². The van der Waals surface area contributed by atoms with E-state index in [0.29, 0.717) is 51.6 Å². The molecule has 0 N–H and O–H groups in total. The topological polar surface area (TPSA) is 137 Å². The summed E-state index contributed by atoms with van der Waals surface area (Å²) in [6.07, 6.45) is 0.737. The monoisotopic (exact) mass is 825 g/mol. The normalized spacial score (nSPS) is 17.9. The third-order valence-corrected chi connectivity index (χ3v) is 16.1. The number of carbonyl (C=O) groups is 1. The molecule has 13 nitrogen and oxygen atoms in total. The first-order chi connectivity index (χ1) is 27.7. The summed E-state index contributed by atoms with van der Waals surface area (Å²) < 4.78 is 72.8. The van der Waals surface area contributed by atoms with Crippen LogP contribution < -0.4 is 41.4 Å². The minimum Gasteiger partial charge on any atom is -0.497 e. The maximum atomic E-state index is 11.6. The molecule has 0 bridgehead atoms. The van der Waals surface area contributed by atoms with Crippen molar-refractivity contribution in [3.63, 3.8) is 0 Å². The summed E-state index contributed by atoms with van der Waals surface area (Å²) >= 11 is 0. The molecule has 0 amide bonds. The van der Waals surface area contributed by atoms with E-state index in [1.165, 1.54) is 0 Å². The molecule has 0 saturated heterocycles. The number of hydrogen-bond donors (Lipinski definition) is 0. The van der Waals surface area contributed by atoms with Crippen molar-refractivity contribution in [2.75, 3.05) is 21.3 Å². The molecule has 0 spiro atoms. The molecule has 0 radical (unpaired) electrons. The van der Waals surface area contributed by atoms with E-state index < -0.39 is 23.0 Å². The number of benzene rings is 6. The van der Waals surface area contributed by atoms with E-state index in [0.717, 1.165) is 11.8 Å². The van der Waals surface area contributed by atoms with E-state index in [4.69, 9.17) is 54.9 Å². The molecule has 6 aromatic carbocycles. The molecule has 2 atom stereocenters. The highest BCUT2D eigenvalue weighted by Crippen LogP contribution is 2.78. The van der Waals surface area contributed by atoms with Gasteiger partial charge in [-0.25, -0.2) is 0 Å². The average Bonchev–Trinajstić information content (AvgIpc) is 3.23. The van der Waals surface area contributed by atoms with Crippen molar-refractivity contribution in [3.05, 3.63) is 163 Å². The fourth-order valence-corrected chi connectivity index (χ4v) is 14.2. The number of carbonyl (C=O) groups excluding carboxylic acids is 1. The minimum absolute atomic E-state index is 0.282. The standard InChI is InChI=1S/C41H38N3O10P3/c1-31-10-14-37(15-11-31)50-56(51-38-16-12-32(30-45)13-17-38)42-55(49-36-8-6-5-7-9-36,52-39-24-18-33(46-2)19-25-39)43-57(44-56,53-40-26-20-34(47-3)21-27-40)54-41-28-22-35(48-4)23-29-41/h5-30H,1-4H3. The van der Waals surface area contributed by atoms with Gasteiger partial charge in [-0.2, -0.15) is 0 Å². The summed E-state index contributed by atoms with van der Waals surface area (Å²) in [7, 11) is -7.62. The summed E-state index contributed by atoms with van der Waals surface area (Å²) in [4.78, 5) is 11.6. The third-order valence-electron chi connectivity index (χ3n) is 7.98. The van der Waals surface area contributed by atoms with Crippen LogP contribution in [0.5, 0.6) is 51.7 Å². The smallest absolute Gasteiger partial charge is 0.460 e. The van der Waals surface area contributed by atoms with E-state index in [2.05, 4.69) is 0 Å². The van der Waals surface area contributed by atoms with Crippen molar-refractivity contribution < 1.29 is 46.1 Å². The number of aryl methyl sites for hydroxylation is 1. The molecular formula is C41H38N3O10P3. The summed E-state index contributed by atoms with van der Waals surface area (Å²) in [5.41, 5.74) is 1.43. The number of hydrogen-bond acceptors (Lipinski definition) is 13. The van der Waals surface area contributed by atoms with Gasteiger partial charge in [0.1, 0.15) is 58.0 Å². The van der Waals surface area contributed by atoms with E-state index in [1.54, 1.807) is 143 Å². The number of nitrogens with zero attached hydrogens (tertiary/aromatic N) is 3. The van der Waals surface area contributed by atoms with Crippen LogP contribution in [0, 0.1) is 6.92 Å². The van der Waals surface area contributed by atoms with Gasteiger partial charge in [-0.3, -0.25) is 4.79 Å². The zero-order chi connectivity index (χ0) is 39.7. The first-order valence-electron chi connectivity index (χ1n) is 17.4. The number of ether oxygens (including phenoxy) is 3. The lowest BCUT2D eigenvalue weighted by atomic mass is 10.2. The molecule has 7 rings (SSSR count). The number of aldehydes is 1. The van der Waals surface area contributed by atoms with Crippen molar-refractivity contribution in [2.45, 2.75) is 6.92 Å². The predicted octanol–water partition coefficient (Wildman–Crippen LogP) is 12.5. The maximum Gasteiger partial charge on any atom is 0.460 e. The van der Waals surface area contributed by atoms with E-state index in [1.807, 2.05) is 37.3 Å². The van der Waals surface area contributed by atoms with Gasteiger partial charge in [0, 0.05) is 5.56 Å². The van der Waals surface area contributed by atoms with Crippen molar-refractivity contribution in [3.8, 4) is 51.7 Å². The van der Waals surface area contributed by atoms with Crippen LogP contribution in [0.3, 0.4) is 0 Å². The predicted molar refractivity (Wildman–Crippen MR) is 220 cm³/mol. The Morgan fingerprint density at radius 1 is 0.368 bits per heavy atom. The molecule has 16 heteroatoms. The molecule has 2 unspecified atom stereocenters. The van der Waals surface area contributed by atoms with Gasteiger partial charge in [0.2, 0.25) is 0 Å². The van der Waals surface area contributed by atoms with Crippen molar-refractivity contribution in [1.29, 1.82) is 0 Å². The Bertz CT molecular complexity index is 2410.